The molecule has 1 atom stereocenters. The van der Waals surface area contributed by atoms with Crippen molar-refractivity contribution in [3.8, 4) is 0 Å². The second-order valence-corrected chi connectivity index (χ2v) is 4.46. The Hall–Kier alpha value is -2.03. The predicted molar refractivity (Wildman–Crippen MR) is 73.4 cm³/mol. The quantitative estimate of drug-likeness (QED) is 0.718. The van der Waals surface area contributed by atoms with Gasteiger partial charge in [-0.3, -0.25) is 4.99 Å². The Morgan fingerprint density at radius 1 is 1.00 bits per heavy atom. The van der Waals surface area contributed by atoms with Gasteiger partial charge in [0, 0.05) is 5.71 Å². The summed E-state index contributed by atoms with van der Waals surface area (Å²) in [6.45, 7) is 3.71. The number of benzene rings is 2. The van der Waals surface area contributed by atoms with Gasteiger partial charge in [0.05, 0.1) is 6.04 Å². The van der Waals surface area contributed by atoms with Gasteiger partial charge < -0.3 is 0 Å². The Morgan fingerprint density at radius 2 is 1.63 bits per heavy atom. The molecule has 2 rings (SSSR count). The minimum atomic E-state index is -0.287. The zero-order valence-electron chi connectivity index (χ0n) is 10.9. The van der Waals surface area contributed by atoms with Crippen LogP contribution in [0.15, 0.2) is 53.5 Å². The molecule has 0 radical (unpaired) electrons. The lowest BCUT2D eigenvalue weighted by Crippen LogP contribution is -2.00. The summed E-state index contributed by atoms with van der Waals surface area (Å²) in [5.74, 6) is -0.562. The molecule has 98 valence electrons. The van der Waals surface area contributed by atoms with Crippen molar-refractivity contribution >= 4 is 5.71 Å². The zero-order valence-corrected chi connectivity index (χ0v) is 10.9. The van der Waals surface area contributed by atoms with Gasteiger partial charge in [-0.15, -0.1) is 0 Å². The fourth-order valence-electron chi connectivity index (χ4n) is 1.92. The Labute approximate surface area is 111 Å². The van der Waals surface area contributed by atoms with Crippen molar-refractivity contribution in [3.05, 3.63) is 71.3 Å². The standard InChI is InChI=1S/C16H15F2N/c1-11(13-5-3-7-15(17)9-13)19-12(2)14-6-4-8-16(18)10-14/h3-11H,1-2H3. The number of rotatable bonds is 3. The topological polar surface area (TPSA) is 12.4 Å². The Bertz CT molecular complexity index is 605. The average molecular weight is 259 g/mol. The monoisotopic (exact) mass is 259 g/mol. The molecule has 2 aromatic rings. The first-order valence-electron chi connectivity index (χ1n) is 6.12. The van der Waals surface area contributed by atoms with Gasteiger partial charge >= 0.3 is 0 Å². The second-order valence-electron chi connectivity index (χ2n) is 4.46. The van der Waals surface area contributed by atoms with Gasteiger partial charge in [0.25, 0.3) is 0 Å². The van der Waals surface area contributed by atoms with Crippen LogP contribution in [0.3, 0.4) is 0 Å². The SMILES string of the molecule is CC(=NC(C)c1cccc(F)c1)c1cccc(F)c1. The number of hydrogen-bond acceptors (Lipinski definition) is 1. The van der Waals surface area contributed by atoms with Gasteiger partial charge in [-0.1, -0.05) is 24.3 Å². The van der Waals surface area contributed by atoms with E-state index in [0.29, 0.717) is 0 Å². The van der Waals surface area contributed by atoms with E-state index in [-0.39, 0.29) is 17.7 Å². The molecule has 0 heterocycles. The van der Waals surface area contributed by atoms with Gasteiger partial charge in [-0.25, -0.2) is 8.78 Å². The molecule has 0 aliphatic carbocycles. The van der Waals surface area contributed by atoms with Gasteiger partial charge in [-0.2, -0.15) is 0 Å². The van der Waals surface area contributed by atoms with Crippen LogP contribution < -0.4 is 0 Å². The summed E-state index contributed by atoms with van der Waals surface area (Å²) in [5, 5.41) is 0. The third kappa shape index (κ3) is 3.47. The van der Waals surface area contributed by atoms with E-state index in [2.05, 4.69) is 4.99 Å². The Morgan fingerprint density at radius 3 is 2.26 bits per heavy atom. The molecule has 0 saturated heterocycles. The molecule has 0 bridgehead atoms. The highest BCUT2D eigenvalue weighted by Crippen LogP contribution is 2.19. The Balaban J connectivity index is 2.25. The summed E-state index contributed by atoms with van der Waals surface area (Å²) in [6.07, 6.45) is 0. The molecule has 0 saturated carbocycles. The molecular weight excluding hydrogens is 244 g/mol. The molecule has 1 unspecified atom stereocenters. The highest BCUT2D eigenvalue weighted by molar-refractivity contribution is 5.98. The van der Waals surface area contributed by atoms with Crippen molar-refractivity contribution in [1.29, 1.82) is 0 Å². The maximum absolute atomic E-state index is 13.1. The summed E-state index contributed by atoms with van der Waals surface area (Å²) in [4.78, 5) is 4.48. The van der Waals surface area contributed by atoms with E-state index in [0.717, 1.165) is 16.8 Å². The van der Waals surface area contributed by atoms with E-state index in [1.54, 1.807) is 18.2 Å². The summed E-state index contributed by atoms with van der Waals surface area (Å²) in [7, 11) is 0. The number of halogens is 2. The van der Waals surface area contributed by atoms with Gasteiger partial charge in [0.15, 0.2) is 0 Å². The van der Waals surface area contributed by atoms with Crippen molar-refractivity contribution in [2.24, 2.45) is 4.99 Å². The molecule has 2 aromatic carbocycles. The molecule has 0 aromatic heterocycles. The summed E-state index contributed by atoms with van der Waals surface area (Å²) in [5.41, 5.74) is 2.27. The van der Waals surface area contributed by atoms with Crippen LogP contribution in [0.1, 0.15) is 31.0 Å². The average Bonchev–Trinajstić information content (AvgIpc) is 2.38. The number of aliphatic imine (C=N–C) groups is 1. The van der Waals surface area contributed by atoms with E-state index < -0.39 is 0 Å². The third-order valence-electron chi connectivity index (χ3n) is 2.96. The van der Waals surface area contributed by atoms with E-state index in [4.69, 9.17) is 0 Å². The normalized spacial score (nSPS) is 13.4. The molecule has 0 fully saturated rings. The molecule has 0 spiro atoms. The fourth-order valence-corrected chi connectivity index (χ4v) is 1.92. The summed E-state index contributed by atoms with van der Waals surface area (Å²) >= 11 is 0. The van der Waals surface area contributed by atoms with E-state index in [1.807, 2.05) is 19.9 Å². The highest BCUT2D eigenvalue weighted by atomic mass is 19.1. The molecule has 0 N–H and O–H groups in total. The first kappa shape index (κ1) is 13.4. The maximum Gasteiger partial charge on any atom is 0.123 e. The molecule has 0 aliphatic heterocycles. The first-order valence-corrected chi connectivity index (χ1v) is 6.12. The van der Waals surface area contributed by atoms with Crippen LogP contribution in [-0.2, 0) is 0 Å². The number of hydrogen-bond donors (Lipinski definition) is 0. The summed E-state index contributed by atoms with van der Waals surface area (Å²) < 4.78 is 26.3. The molecule has 0 amide bonds. The fraction of sp³-hybridized carbons (Fsp3) is 0.188. The van der Waals surface area contributed by atoms with Crippen molar-refractivity contribution < 1.29 is 8.78 Å². The molecule has 19 heavy (non-hydrogen) atoms. The molecular formula is C16H15F2N. The minimum absolute atomic E-state index is 0.168. The van der Waals surface area contributed by atoms with Crippen LogP contribution in [0.2, 0.25) is 0 Å². The van der Waals surface area contributed by atoms with Crippen LogP contribution in [0, 0.1) is 11.6 Å². The lowest BCUT2D eigenvalue weighted by Gasteiger charge is -2.09. The third-order valence-corrected chi connectivity index (χ3v) is 2.96. The van der Waals surface area contributed by atoms with E-state index in [1.165, 1.54) is 24.3 Å². The van der Waals surface area contributed by atoms with Crippen LogP contribution in [-0.4, -0.2) is 5.71 Å². The largest absolute Gasteiger partial charge is 0.282 e. The van der Waals surface area contributed by atoms with Gasteiger partial charge in [0.1, 0.15) is 11.6 Å². The van der Waals surface area contributed by atoms with Gasteiger partial charge in [0.2, 0.25) is 0 Å². The van der Waals surface area contributed by atoms with E-state index >= 15 is 0 Å². The van der Waals surface area contributed by atoms with Crippen molar-refractivity contribution in [1.82, 2.24) is 0 Å². The second kappa shape index (κ2) is 5.74. The van der Waals surface area contributed by atoms with Crippen molar-refractivity contribution in [2.45, 2.75) is 19.9 Å². The van der Waals surface area contributed by atoms with Crippen molar-refractivity contribution in [3.63, 3.8) is 0 Å². The Kier molecular flexibility index (Phi) is 4.05. The summed E-state index contributed by atoms with van der Waals surface area (Å²) in [6, 6.07) is 12.5. The lowest BCUT2D eigenvalue weighted by atomic mass is 10.1. The maximum atomic E-state index is 13.1. The highest BCUT2D eigenvalue weighted by Gasteiger charge is 2.06. The lowest BCUT2D eigenvalue weighted by molar-refractivity contribution is 0.622. The predicted octanol–water partition coefficient (Wildman–Crippen LogP) is 4.54. The minimum Gasteiger partial charge on any atom is -0.282 e. The smallest absolute Gasteiger partial charge is 0.123 e. The zero-order chi connectivity index (χ0) is 13.8. The van der Waals surface area contributed by atoms with Crippen LogP contribution in [0.25, 0.3) is 0 Å². The first-order chi connectivity index (χ1) is 9.06. The van der Waals surface area contributed by atoms with Crippen LogP contribution in [0.5, 0.6) is 0 Å². The van der Waals surface area contributed by atoms with Crippen LogP contribution >= 0.6 is 0 Å². The molecule has 0 aliphatic rings. The molecule has 3 heteroatoms. The number of nitrogens with zero attached hydrogens (tertiary/aromatic N) is 1. The molecule has 1 nitrogen and oxygen atoms in total. The van der Waals surface area contributed by atoms with Crippen LogP contribution in [0.4, 0.5) is 8.78 Å². The van der Waals surface area contributed by atoms with Crippen molar-refractivity contribution in [2.75, 3.05) is 0 Å². The van der Waals surface area contributed by atoms with E-state index in [9.17, 15) is 8.78 Å². The van der Waals surface area contributed by atoms with Gasteiger partial charge in [-0.05, 0) is 49.2 Å².